The molecule has 0 radical (unpaired) electrons. The van der Waals surface area contributed by atoms with E-state index in [2.05, 4.69) is 19.8 Å². The number of benzene rings is 1. The number of hydrogen-bond acceptors (Lipinski definition) is 2. The number of ether oxygens (including phenoxy) is 2. The third-order valence-electron chi connectivity index (χ3n) is 3.38. The van der Waals surface area contributed by atoms with Crippen LogP contribution in [0.2, 0.25) is 0 Å². The topological polar surface area (TPSA) is 18.5 Å². The van der Waals surface area contributed by atoms with Gasteiger partial charge in [0.25, 0.3) is 0 Å². The molecule has 1 unspecified atom stereocenters. The summed E-state index contributed by atoms with van der Waals surface area (Å²) in [6, 6.07) is 5.58. The summed E-state index contributed by atoms with van der Waals surface area (Å²) in [4.78, 5) is 0. The third-order valence-corrected chi connectivity index (χ3v) is 3.38. The van der Waals surface area contributed by atoms with Gasteiger partial charge in [0.1, 0.15) is 0 Å². The van der Waals surface area contributed by atoms with Gasteiger partial charge in [0.15, 0.2) is 11.5 Å². The van der Waals surface area contributed by atoms with E-state index in [1.54, 1.807) is 7.11 Å². The van der Waals surface area contributed by atoms with Gasteiger partial charge in [0.2, 0.25) is 0 Å². The Hall–Kier alpha value is -1.62. The van der Waals surface area contributed by atoms with Crippen molar-refractivity contribution >= 4 is 0 Å². The molecule has 1 aromatic carbocycles. The zero-order chi connectivity index (χ0) is 14.1. The molecular weight excluding hydrogens is 236 g/mol. The summed E-state index contributed by atoms with van der Waals surface area (Å²) in [5, 5.41) is 0. The van der Waals surface area contributed by atoms with Crippen molar-refractivity contribution in [3.05, 3.63) is 23.8 Å². The molecule has 104 valence electrons. The highest BCUT2D eigenvalue weighted by Gasteiger charge is 2.05. The molecule has 0 heterocycles. The van der Waals surface area contributed by atoms with Gasteiger partial charge in [-0.1, -0.05) is 32.6 Å². The Labute approximate surface area is 117 Å². The van der Waals surface area contributed by atoms with Crippen LogP contribution in [0.5, 0.6) is 11.5 Å². The Morgan fingerprint density at radius 2 is 2.05 bits per heavy atom. The molecule has 0 aromatic heterocycles. The molecule has 0 spiro atoms. The smallest absolute Gasteiger partial charge is 0.161 e. The maximum atomic E-state index is 5.75. The predicted molar refractivity (Wildman–Crippen MR) is 79.7 cm³/mol. The van der Waals surface area contributed by atoms with Gasteiger partial charge in [-0.05, 0) is 37.0 Å². The molecule has 19 heavy (non-hydrogen) atoms. The van der Waals surface area contributed by atoms with Crippen LogP contribution in [0, 0.1) is 18.3 Å². The SMILES string of the molecule is C#Cc1ccc(OCCCCC(C)CC)c(OC)c1. The second kappa shape index (κ2) is 8.48. The predicted octanol–water partition coefficient (Wildman–Crippen LogP) is 4.27. The molecule has 2 nitrogen and oxygen atoms in total. The van der Waals surface area contributed by atoms with Gasteiger partial charge >= 0.3 is 0 Å². The minimum Gasteiger partial charge on any atom is -0.493 e. The maximum Gasteiger partial charge on any atom is 0.161 e. The highest BCUT2D eigenvalue weighted by molar-refractivity contribution is 5.47. The molecule has 0 aliphatic carbocycles. The first-order valence-electron chi connectivity index (χ1n) is 6.98. The van der Waals surface area contributed by atoms with E-state index in [0.29, 0.717) is 5.75 Å². The summed E-state index contributed by atoms with van der Waals surface area (Å²) < 4.78 is 11.0. The Morgan fingerprint density at radius 3 is 2.68 bits per heavy atom. The van der Waals surface area contributed by atoms with Crippen LogP contribution >= 0.6 is 0 Å². The van der Waals surface area contributed by atoms with Crippen LogP contribution < -0.4 is 9.47 Å². The summed E-state index contributed by atoms with van der Waals surface area (Å²) in [5.74, 6) is 4.87. The van der Waals surface area contributed by atoms with Crippen molar-refractivity contribution in [1.82, 2.24) is 0 Å². The lowest BCUT2D eigenvalue weighted by molar-refractivity contribution is 0.281. The van der Waals surface area contributed by atoms with E-state index in [0.717, 1.165) is 30.3 Å². The van der Waals surface area contributed by atoms with Crippen LogP contribution in [0.4, 0.5) is 0 Å². The highest BCUT2D eigenvalue weighted by atomic mass is 16.5. The summed E-state index contributed by atoms with van der Waals surface area (Å²) in [5.41, 5.74) is 0.806. The Kier molecular flexibility index (Phi) is 6.89. The summed E-state index contributed by atoms with van der Waals surface area (Å²) >= 11 is 0. The van der Waals surface area contributed by atoms with E-state index in [-0.39, 0.29) is 0 Å². The number of hydrogen-bond donors (Lipinski definition) is 0. The Morgan fingerprint density at radius 1 is 1.26 bits per heavy atom. The average molecular weight is 260 g/mol. The van der Waals surface area contributed by atoms with Crippen molar-refractivity contribution in [1.29, 1.82) is 0 Å². The molecule has 2 heteroatoms. The average Bonchev–Trinajstić information content (AvgIpc) is 2.46. The molecule has 0 aliphatic rings. The summed E-state index contributed by atoms with van der Waals surface area (Å²) in [7, 11) is 1.63. The molecule has 1 rings (SSSR count). The summed E-state index contributed by atoms with van der Waals surface area (Å²) in [6.45, 7) is 5.25. The molecule has 0 bridgehead atoms. The van der Waals surface area contributed by atoms with Crippen LogP contribution in [-0.4, -0.2) is 13.7 Å². The van der Waals surface area contributed by atoms with E-state index >= 15 is 0 Å². The van der Waals surface area contributed by atoms with Crippen molar-refractivity contribution in [3.8, 4) is 23.8 Å². The molecule has 0 aliphatic heterocycles. The third kappa shape index (κ3) is 5.26. The van der Waals surface area contributed by atoms with Crippen molar-refractivity contribution in [2.75, 3.05) is 13.7 Å². The maximum absolute atomic E-state index is 5.75. The van der Waals surface area contributed by atoms with Gasteiger partial charge in [0, 0.05) is 5.56 Å². The van der Waals surface area contributed by atoms with Crippen molar-refractivity contribution < 1.29 is 9.47 Å². The summed E-state index contributed by atoms with van der Waals surface area (Å²) in [6.07, 6.45) is 10.2. The number of rotatable bonds is 8. The van der Waals surface area contributed by atoms with Gasteiger partial charge in [0.05, 0.1) is 13.7 Å². The number of methoxy groups -OCH3 is 1. The van der Waals surface area contributed by atoms with Crippen LogP contribution in [0.25, 0.3) is 0 Å². The Balaban J connectivity index is 2.39. The normalized spacial score (nSPS) is 11.7. The van der Waals surface area contributed by atoms with Crippen molar-refractivity contribution in [3.63, 3.8) is 0 Å². The van der Waals surface area contributed by atoms with E-state index in [9.17, 15) is 0 Å². The zero-order valence-corrected chi connectivity index (χ0v) is 12.2. The molecule has 0 N–H and O–H groups in total. The molecular formula is C17H24O2. The van der Waals surface area contributed by atoms with Crippen LogP contribution in [-0.2, 0) is 0 Å². The van der Waals surface area contributed by atoms with E-state index in [1.807, 2.05) is 18.2 Å². The standard InChI is InChI=1S/C17H24O2/c1-5-14(3)9-7-8-12-19-16-11-10-15(6-2)13-17(16)18-4/h2,10-11,13-14H,5,7-9,12H2,1,3-4H3. The minimum absolute atomic E-state index is 0.706. The van der Waals surface area contributed by atoms with Crippen molar-refractivity contribution in [2.45, 2.75) is 39.5 Å². The van der Waals surface area contributed by atoms with E-state index in [4.69, 9.17) is 15.9 Å². The Bertz CT molecular complexity index is 418. The molecule has 1 atom stereocenters. The number of unbranched alkanes of at least 4 members (excludes halogenated alkanes) is 1. The minimum atomic E-state index is 0.706. The van der Waals surface area contributed by atoms with Crippen LogP contribution in [0.3, 0.4) is 0 Å². The lowest BCUT2D eigenvalue weighted by Gasteiger charge is -2.12. The van der Waals surface area contributed by atoms with Gasteiger partial charge in [-0.15, -0.1) is 6.42 Å². The monoisotopic (exact) mass is 260 g/mol. The molecule has 0 saturated carbocycles. The molecule has 0 saturated heterocycles. The fourth-order valence-corrected chi connectivity index (χ4v) is 1.86. The first-order valence-corrected chi connectivity index (χ1v) is 6.98. The van der Waals surface area contributed by atoms with Gasteiger partial charge in [-0.25, -0.2) is 0 Å². The van der Waals surface area contributed by atoms with Crippen LogP contribution in [0.15, 0.2) is 18.2 Å². The second-order valence-corrected chi connectivity index (χ2v) is 4.87. The lowest BCUT2D eigenvalue weighted by atomic mass is 10.0. The second-order valence-electron chi connectivity index (χ2n) is 4.87. The molecule has 0 amide bonds. The first-order chi connectivity index (χ1) is 9.21. The van der Waals surface area contributed by atoms with Gasteiger partial charge < -0.3 is 9.47 Å². The fourth-order valence-electron chi connectivity index (χ4n) is 1.86. The zero-order valence-electron chi connectivity index (χ0n) is 12.2. The van der Waals surface area contributed by atoms with Gasteiger partial charge in [-0.2, -0.15) is 0 Å². The number of terminal acetylenes is 1. The van der Waals surface area contributed by atoms with E-state index < -0.39 is 0 Å². The van der Waals surface area contributed by atoms with Gasteiger partial charge in [-0.3, -0.25) is 0 Å². The largest absolute Gasteiger partial charge is 0.493 e. The lowest BCUT2D eigenvalue weighted by Crippen LogP contribution is -2.01. The highest BCUT2D eigenvalue weighted by Crippen LogP contribution is 2.28. The van der Waals surface area contributed by atoms with E-state index in [1.165, 1.54) is 19.3 Å². The molecule has 1 aromatic rings. The first kappa shape index (κ1) is 15.4. The van der Waals surface area contributed by atoms with Crippen molar-refractivity contribution in [2.24, 2.45) is 5.92 Å². The van der Waals surface area contributed by atoms with Crippen LogP contribution in [0.1, 0.15) is 45.1 Å². The fraction of sp³-hybridized carbons (Fsp3) is 0.529. The molecule has 0 fully saturated rings. The quantitative estimate of drug-likeness (QED) is 0.513.